The molecule has 1 heterocycles. The van der Waals surface area contributed by atoms with Crippen molar-refractivity contribution in [3.63, 3.8) is 0 Å². The summed E-state index contributed by atoms with van der Waals surface area (Å²) in [5.41, 5.74) is 9.30. The number of aromatic nitrogens is 2. The molecule has 4 rings (SSSR count). The zero-order valence-corrected chi connectivity index (χ0v) is 18.9. The molecule has 1 amide bonds. The van der Waals surface area contributed by atoms with E-state index in [0.29, 0.717) is 28.7 Å². The van der Waals surface area contributed by atoms with E-state index < -0.39 is 0 Å². The molecule has 0 spiro atoms. The summed E-state index contributed by atoms with van der Waals surface area (Å²) in [6.07, 6.45) is 2.50. The molecule has 0 unspecified atom stereocenters. The van der Waals surface area contributed by atoms with Crippen LogP contribution in [0.15, 0.2) is 89.5 Å². The van der Waals surface area contributed by atoms with Crippen LogP contribution in [0.2, 0.25) is 5.02 Å². The zero-order chi connectivity index (χ0) is 23.9. The summed E-state index contributed by atoms with van der Waals surface area (Å²) < 4.78 is 5.74. The lowest BCUT2D eigenvalue weighted by molar-refractivity contribution is -0.118. The molecule has 3 N–H and O–H groups in total. The van der Waals surface area contributed by atoms with Gasteiger partial charge in [0.2, 0.25) is 17.7 Å². The lowest BCUT2D eigenvalue weighted by atomic mass is 10.1. The van der Waals surface area contributed by atoms with E-state index in [-0.39, 0.29) is 18.2 Å². The van der Waals surface area contributed by atoms with Gasteiger partial charge >= 0.3 is 0 Å². The average Bonchev–Trinajstić information content (AvgIpc) is 3.33. The van der Waals surface area contributed by atoms with E-state index >= 15 is 0 Å². The number of hydrogen-bond acceptors (Lipinski definition) is 6. The number of nitrogens with two attached hydrogens (primary N) is 1. The molecule has 0 aliphatic rings. The number of nitrogens with one attached hydrogen (secondary N) is 1. The van der Waals surface area contributed by atoms with E-state index in [4.69, 9.17) is 27.2 Å². The van der Waals surface area contributed by atoms with Crippen LogP contribution in [0.4, 0.5) is 5.69 Å². The molecule has 0 saturated heterocycles. The van der Waals surface area contributed by atoms with Crippen molar-refractivity contribution in [2.24, 2.45) is 5.73 Å². The van der Waals surface area contributed by atoms with Gasteiger partial charge in [-0.15, -0.1) is 10.2 Å². The molecule has 1 aromatic heterocycles. The van der Waals surface area contributed by atoms with Crippen LogP contribution >= 0.6 is 11.6 Å². The van der Waals surface area contributed by atoms with Gasteiger partial charge in [-0.3, -0.25) is 4.79 Å². The highest BCUT2D eigenvalue weighted by Crippen LogP contribution is 2.24. The van der Waals surface area contributed by atoms with Crippen LogP contribution < -0.4 is 10.6 Å². The number of carbonyl (C=O) groups excluding carboxylic acids is 1. The lowest BCUT2D eigenvalue weighted by Gasteiger charge is -2.23. The minimum Gasteiger partial charge on any atom is -0.420 e. The monoisotopic (exact) mass is 471 g/mol. The van der Waals surface area contributed by atoms with Crippen molar-refractivity contribution in [1.82, 2.24) is 10.2 Å². The summed E-state index contributed by atoms with van der Waals surface area (Å²) >= 11 is 6.16. The summed E-state index contributed by atoms with van der Waals surface area (Å²) in [4.78, 5) is 15.0. The number of allylic oxidation sites excluding steroid dienone is 1. The quantitative estimate of drug-likeness (QED) is 0.347. The highest BCUT2D eigenvalue weighted by atomic mass is 35.5. The first-order valence-electron chi connectivity index (χ1n) is 10.5. The van der Waals surface area contributed by atoms with Crippen LogP contribution in [0, 0.1) is 5.41 Å². The van der Waals surface area contributed by atoms with Crippen molar-refractivity contribution >= 4 is 35.0 Å². The summed E-state index contributed by atoms with van der Waals surface area (Å²) in [6.45, 7) is 0.308. The van der Waals surface area contributed by atoms with Gasteiger partial charge in [-0.2, -0.15) is 0 Å². The molecule has 4 aromatic rings. The third-order valence-electron chi connectivity index (χ3n) is 5.17. The Morgan fingerprint density at radius 3 is 2.47 bits per heavy atom. The smallest absolute Gasteiger partial charge is 0.247 e. The molecule has 8 heteroatoms. The Morgan fingerprint density at radius 1 is 1.03 bits per heavy atom. The summed E-state index contributed by atoms with van der Waals surface area (Å²) in [5.74, 6) is 0.383. The lowest BCUT2D eigenvalue weighted by Crippen LogP contribution is -2.32. The van der Waals surface area contributed by atoms with Gasteiger partial charge in [0.15, 0.2) is 0 Å². The molecule has 0 bridgehead atoms. The maximum Gasteiger partial charge on any atom is 0.247 e. The van der Waals surface area contributed by atoms with E-state index in [1.165, 1.54) is 12.4 Å². The largest absolute Gasteiger partial charge is 0.420 e. The summed E-state index contributed by atoms with van der Waals surface area (Å²) in [5, 5.41) is 16.2. The van der Waals surface area contributed by atoms with Gasteiger partial charge < -0.3 is 20.5 Å². The first-order chi connectivity index (χ1) is 16.6. The zero-order valence-electron chi connectivity index (χ0n) is 18.2. The third-order valence-corrected chi connectivity index (χ3v) is 5.40. The number of hydrogen-bond donors (Lipinski definition) is 2. The van der Waals surface area contributed by atoms with Crippen LogP contribution in [-0.2, 0) is 17.8 Å². The first kappa shape index (κ1) is 22.9. The molecule has 0 saturated carbocycles. The predicted molar refractivity (Wildman–Crippen MR) is 133 cm³/mol. The fourth-order valence-corrected chi connectivity index (χ4v) is 3.66. The standard InChI is InChI=1S/C26H22ClN5O2/c27-22-8-4-5-18(13-22)17-32(23-11-9-19(10-12-23)21(15-28)16-29)25(33)14-24-30-31-26(34-24)20-6-2-1-3-7-20/h1-13,15-16,28H,14,17,29H2/b21-16+,28-15?. The van der Waals surface area contributed by atoms with Crippen molar-refractivity contribution in [1.29, 1.82) is 5.41 Å². The fraction of sp³-hybridized carbons (Fsp3) is 0.0769. The van der Waals surface area contributed by atoms with Crippen LogP contribution in [-0.4, -0.2) is 22.3 Å². The number of nitrogens with zero attached hydrogens (tertiary/aromatic N) is 3. The van der Waals surface area contributed by atoms with Crippen molar-refractivity contribution in [3.05, 3.63) is 107 Å². The average molecular weight is 472 g/mol. The van der Waals surface area contributed by atoms with Crippen molar-refractivity contribution < 1.29 is 9.21 Å². The van der Waals surface area contributed by atoms with Crippen LogP contribution in [0.3, 0.4) is 0 Å². The van der Waals surface area contributed by atoms with Crippen LogP contribution in [0.1, 0.15) is 17.0 Å². The van der Waals surface area contributed by atoms with Crippen molar-refractivity contribution in [3.8, 4) is 11.5 Å². The Bertz CT molecular complexity index is 1320. The maximum absolute atomic E-state index is 13.4. The second-order valence-corrected chi connectivity index (χ2v) is 7.90. The first-order valence-corrected chi connectivity index (χ1v) is 10.9. The van der Waals surface area contributed by atoms with Gasteiger partial charge in [-0.1, -0.05) is 54.1 Å². The van der Waals surface area contributed by atoms with Gasteiger partial charge in [0.1, 0.15) is 6.42 Å². The molecule has 34 heavy (non-hydrogen) atoms. The highest BCUT2D eigenvalue weighted by molar-refractivity contribution is 6.30. The second kappa shape index (κ2) is 10.6. The molecule has 0 radical (unpaired) electrons. The van der Waals surface area contributed by atoms with Gasteiger partial charge in [0.05, 0.1) is 6.54 Å². The van der Waals surface area contributed by atoms with Crippen molar-refractivity contribution in [2.45, 2.75) is 13.0 Å². The van der Waals surface area contributed by atoms with E-state index in [2.05, 4.69) is 10.2 Å². The molecule has 7 nitrogen and oxygen atoms in total. The fourth-order valence-electron chi connectivity index (χ4n) is 3.45. The van der Waals surface area contributed by atoms with Gasteiger partial charge in [0.25, 0.3) is 0 Å². The number of halogens is 1. The molecule has 0 aliphatic heterocycles. The van der Waals surface area contributed by atoms with E-state index in [1.807, 2.05) is 72.8 Å². The Labute approximate surface area is 202 Å². The molecular weight excluding hydrogens is 450 g/mol. The van der Waals surface area contributed by atoms with Gasteiger partial charge in [-0.05, 0) is 47.5 Å². The topological polar surface area (TPSA) is 109 Å². The number of amides is 1. The molecule has 0 atom stereocenters. The Balaban J connectivity index is 1.60. The van der Waals surface area contributed by atoms with E-state index in [9.17, 15) is 4.79 Å². The number of anilines is 1. The number of carbonyl (C=O) groups is 1. The highest BCUT2D eigenvalue weighted by Gasteiger charge is 2.20. The van der Waals surface area contributed by atoms with E-state index in [0.717, 1.165) is 16.7 Å². The second-order valence-electron chi connectivity index (χ2n) is 7.47. The minimum atomic E-state index is -0.211. The molecule has 3 aromatic carbocycles. The summed E-state index contributed by atoms with van der Waals surface area (Å²) in [6, 6.07) is 24.0. The van der Waals surface area contributed by atoms with Gasteiger partial charge in [-0.25, -0.2) is 0 Å². The molecule has 170 valence electrons. The summed E-state index contributed by atoms with van der Waals surface area (Å²) in [7, 11) is 0. The van der Waals surface area contributed by atoms with Crippen LogP contribution in [0.5, 0.6) is 0 Å². The van der Waals surface area contributed by atoms with Crippen molar-refractivity contribution in [2.75, 3.05) is 4.90 Å². The molecule has 0 fully saturated rings. The molecule has 0 aliphatic carbocycles. The predicted octanol–water partition coefficient (Wildman–Crippen LogP) is 5.12. The maximum atomic E-state index is 13.4. The normalized spacial score (nSPS) is 11.3. The SMILES string of the molecule is N=C/C(=C\N)c1ccc(N(Cc2cccc(Cl)c2)C(=O)Cc2nnc(-c3ccccc3)o2)cc1. The number of benzene rings is 3. The Kier molecular flexibility index (Phi) is 7.15. The number of rotatable bonds is 8. The Hall–Kier alpha value is -4.23. The van der Waals surface area contributed by atoms with E-state index in [1.54, 1.807) is 11.0 Å². The third kappa shape index (κ3) is 5.39. The minimum absolute atomic E-state index is 0.0589. The van der Waals surface area contributed by atoms with Crippen LogP contribution in [0.25, 0.3) is 17.0 Å². The van der Waals surface area contributed by atoms with Gasteiger partial charge in [0, 0.05) is 34.3 Å². The Morgan fingerprint density at radius 2 is 1.79 bits per heavy atom. The molecular formula is C26H22ClN5O2.